The van der Waals surface area contributed by atoms with Gasteiger partial charge in [-0.3, -0.25) is 0 Å². The van der Waals surface area contributed by atoms with Gasteiger partial charge in [-0.1, -0.05) is 176 Å². The van der Waals surface area contributed by atoms with Gasteiger partial charge in [-0.15, -0.1) is 0 Å². The minimum Gasteiger partial charge on any atom is -0.245 e. The Morgan fingerprint density at radius 2 is 0.630 bits per heavy atom. The van der Waals surface area contributed by atoms with Crippen molar-refractivity contribution in [3.8, 4) is 67.8 Å². The maximum absolute atomic E-state index is 5.28. The van der Waals surface area contributed by atoms with E-state index in [-0.39, 0.29) is 0 Å². The second-order valence-corrected chi connectivity index (χ2v) is 13.3. The first kappa shape index (κ1) is 31.4. The summed E-state index contributed by atoms with van der Waals surface area (Å²) < 4.78 is 0. The largest absolute Gasteiger partial charge is 0.245 e. The van der Waals surface area contributed by atoms with Crippen LogP contribution >= 0.6 is 0 Å². The molecule has 0 aliphatic carbocycles. The maximum Gasteiger partial charge on any atom is 0.164 e. The van der Waals surface area contributed by atoms with Gasteiger partial charge in [0.1, 0.15) is 0 Å². The molecule has 0 unspecified atom stereocenters. The number of benzene rings is 7. The highest BCUT2D eigenvalue weighted by Gasteiger charge is 2.15. The van der Waals surface area contributed by atoms with Crippen LogP contribution in [-0.4, -0.2) is 24.9 Å². The number of hydrogen-bond acceptors (Lipinski definition) is 5. The van der Waals surface area contributed by atoms with Crippen molar-refractivity contribution in [2.75, 3.05) is 0 Å². The molecule has 0 fully saturated rings. The number of rotatable bonds is 6. The van der Waals surface area contributed by atoms with Gasteiger partial charge in [0.25, 0.3) is 0 Å². The monoisotopic (exact) mass is 689 g/mol. The Morgan fingerprint density at radius 3 is 1.19 bits per heavy atom. The van der Waals surface area contributed by atoms with E-state index in [1.165, 1.54) is 0 Å². The van der Waals surface area contributed by atoms with Crippen LogP contribution in [0.1, 0.15) is 0 Å². The van der Waals surface area contributed by atoms with E-state index in [1.807, 2.05) is 78.9 Å². The number of fused-ring (bicyclic) bond motifs is 4. The third-order valence-electron chi connectivity index (χ3n) is 9.94. The van der Waals surface area contributed by atoms with E-state index >= 15 is 0 Å². The molecule has 0 radical (unpaired) electrons. The third-order valence-corrected chi connectivity index (χ3v) is 9.94. The van der Waals surface area contributed by atoms with Crippen molar-refractivity contribution in [3.05, 3.63) is 188 Å². The minimum atomic E-state index is 0.634. The molecule has 0 saturated carbocycles. The summed E-state index contributed by atoms with van der Waals surface area (Å²) in [5, 5.41) is 4.43. The molecule has 0 aliphatic heterocycles. The molecule has 252 valence electrons. The first-order valence-electron chi connectivity index (χ1n) is 18.0. The first-order valence-corrected chi connectivity index (χ1v) is 18.0. The number of hydrogen-bond donors (Lipinski definition) is 0. The normalized spacial score (nSPS) is 11.3. The Kier molecular flexibility index (Phi) is 7.73. The highest BCUT2D eigenvalue weighted by atomic mass is 15.0. The molecule has 3 aromatic heterocycles. The molecule has 5 heteroatoms. The molecule has 0 spiro atoms. The van der Waals surface area contributed by atoms with Crippen molar-refractivity contribution in [1.82, 2.24) is 24.9 Å². The van der Waals surface area contributed by atoms with Crippen LogP contribution in [0.3, 0.4) is 0 Å². The van der Waals surface area contributed by atoms with Crippen molar-refractivity contribution in [1.29, 1.82) is 0 Å². The van der Waals surface area contributed by atoms with Gasteiger partial charge in [-0.2, -0.15) is 0 Å². The predicted molar refractivity (Wildman–Crippen MR) is 221 cm³/mol. The van der Waals surface area contributed by atoms with E-state index in [0.29, 0.717) is 17.5 Å². The molecular weight excluding hydrogens is 659 g/mol. The van der Waals surface area contributed by atoms with Crippen LogP contribution in [0.5, 0.6) is 0 Å². The molecule has 0 N–H and O–H groups in total. The Balaban J connectivity index is 1.04. The smallest absolute Gasteiger partial charge is 0.164 e. The molecule has 0 aliphatic rings. The first-order chi connectivity index (χ1) is 26.7. The Hall–Kier alpha value is -7.37. The average Bonchev–Trinajstić information content (AvgIpc) is 3.26. The highest BCUT2D eigenvalue weighted by Crippen LogP contribution is 2.37. The van der Waals surface area contributed by atoms with Gasteiger partial charge in [-0.25, -0.2) is 24.9 Å². The zero-order valence-electron chi connectivity index (χ0n) is 29.1. The molecular formula is C49H31N5. The van der Waals surface area contributed by atoms with Gasteiger partial charge in [-0.05, 0) is 34.0 Å². The summed E-state index contributed by atoms with van der Waals surface area (Å²) in [5.41, 5.74) is 10.9. The number of nitrogens with zero attached hydrogens (tertiary/aromatic N) is 5. The quantitative estimate of drug-likeness (QED) is 0.163. The van der Waals surface area contributed by atoms with E-state index < -0.39 is 0 Å². The molecule has 3 heterocycles. The van der Waals surface area contributed by atoms with Crippen LogP contribution in [0, 0.1) is 0 Å². The molecule has 5 nitrogen and oxygen atoms in total. The van der Waals surface area contributed by atoms with Crippen molar-refractivity contribution < 1.29 is 0 Å². The molecule has 0 amide bonds. The van der Waals surface area contributed by atoms with E-state index in [9.17, 15) is 0 Å². The summed E-state index contributed by atoms with van der Waals surface area (Å²) in [4.78, 5) is 25.1. The van der Waals surface area contributed by atoms with E-state index in [1.54, 1.807) is 0 Å². The fraction of sp³-hybridized carbons (Fsp3) is 0. The highest BCUT2D eigenvalue weighted by molar-refractivity contribution is 6.07. The Labute approximate surface area is 312 Å². The third kappa shape index (κ3) is 5.74. The van der Waals surface area contributed by atoms with Crippen LogP contribution in [0.4, 0.5) is 0 Å². The molecule has 0 bridgehead atoms. The SMILES string of the molecule is c1ccc(-c2ccc3ccc4ccc(-c5ccc(-c6ccc(-c7nc(-c8ccccc8)nc(-c8ccccc8)n7)cc6)c6ccccc56)nc4c3n2)cc1. The van der Waals surface area contributed by atoms with Crippen molar-refractivity contribution in [2.45, 2.75) is 0 Å². The Morgan fingerprint density at radius 1 is 0.241 bits per heavy atom. The van der Waals surface area contributed by atoms with Crippen LogP contribution in [-0.2, 0) is 0 Å². The fourth-order valence-corrected chi connectivity index (χ4v) is 7.20. The summed E-state index contributed by atoms with van der Waals surface area (Å²) >= 11 is 0. The van der Waals surface area contributed by atoms with Crippen molar-refractivity contribution >= 4 is 32.6 Å². The van der Waals surface area contributed by atoms with Crippen LogP contribution in [0.15, 0.2) is 188 Å². The maximum atomic E-state index is 5.28. The zero-order chi connectivity index (χ0) is 35.8. The molecule has 0 saturated heterocycles. The summed E-state index contributed by atoms with van der Waals surface area (Å²) in [6, 6.07) is 64.6. The lowest BCUT2D eigenvalue weighted by molar-refractivity contribution is 1.07. The second-order valence-electron chi connectivity index (χ2n) is 13.3. The molecule has 0 atom stereocenters. The van der Waals surface area contributed by atoms with E-state index in [0.717, 1.165) is 82.9 Å². The van der Waals surface area contributed by atoms with Gasteiger partial charge >= 0.3 is 0 Å². The van der Waals surface area contributed by atoms with Gasteiger partial charge in [0.15, 0.2) is 17.5 Å². The lowest BCUT2D eigenvalue weighted by Gasteiger charge is -2.13. The topological polar surface area (TPSA) is 64.5 Å². The van der Waals surface area contributed by atoms with Gasteiger partial charge < -0.3 is 0 Å². The fourth-order valence-electron chi connectivity index (χ4n) is 7.20. The average molecular weight is 690 g/mol. The van der Waals surface area contributed by atoms with E-state index in [4.69, 9.17) is 24.9 Å². The minimum absolute atomic E-state index is 0.634. The van der Waals surface area contributed by atoms with Crippen LogP contribution in [0.2, 0.25) is 0 Å². The molecule has 7 aromatic carbocycles. The lowest BCUT2D eigenvalue weighted by Crippen LogP contribution is -2.00. The predicted octanol–water partition coefficient (Wildman–Crippen LogP) is 12.1. The van der Waals surface area contributed by atoms with Gasteiger partial charge in [0.2, 0.25) is 0 Å². The van der Waals surface area contributed by atoms with E-state index in [2.05, 4.69) is 109 Å². The molecule has 10 rings (SSSR count). The second kappa shape index (κ2) is 13.3. The summed E-state index contributed by atoms with van der Waals surface area (Å²) in [7, 11) is 0. The zero-order valence-corrected chi connectivity index (χ0v) is 29.1. The van der Waals surface area contributed by atoms with Crippen molar-refractivity contribution in [2.24, 2.45) is 0 Å². The number of pyridine rings is 2. The molecule has 10 aromatic rings. The summed E-state index contributed by atoms with van der Waals surface area (Å²) in [6.07, 6.45) is 0. The van der Waals surface area contributed by atoms with Crippen LogP contribution < -0.4 is 0 Å². The van der Waals surface area contributed by atoms with Crippen LogP contribution in [0.25, 0.3) is 100 Å². The van der Waals surface area contributed by atoms with Gasteiger partial charge in [0, 0.05) is 38.6 Å². The van der Waals surface area contributed by atoms with Gasteiger partial charge in [0.05, 0.1) is 22.4 Å². The Bertz CT molecular complexity index is 2910. The van der Waals surface area contributed by atoms with Crippen molar-refractivity contribution in [3.63, 3.8) is 0 Å². The standard InChI is InChI=1S/C49H31N5/c1-4-12-33(13-5-1)43-30-26-34-22-23-35-27-31-44(51-46(35)45(34)50-43)42-29-28-39(40-18-10-11-19-41(40)42)32-20-24-38(25-21-32)49-53-47(36-14-6-2-7-15-36)52-48(54-49)37-16-8-3-9-17-37/h1-31H. The number of aromatic nitrogens is 5. The summed E-state index contributed by atoms with van der Waals surface area (Å²) in [6.45, 7) is 0. The lowest BCUT2D eigenvalue weighted by atomic mass is 9.93. The summed E-state index contributed by atoms with van der Waals surface area (Å²) in [5.74, 6) is 1.93. The molecule has 54 heavy (non-hydrogen) atoms.